The lowest BCUT2D eigenvalue weighted by Crippen LogP contribution is -2.39. The average Bonchev–Trinajstić information content (AvgIpc) is 3.41. The Hall–Kier alpha value is -2.67. The molecule has 6 nitrogen and oxygen atoms in total. The van der Waals surface area contributed by atoms with Gasteiger partial charge in [0.05, 0.1) is 24.1 Å². The van der Waals surface area contributed by atoms with E-state index in [0.29, 0.717) is 23.2 Å². The number of ketones is 1. The molecule has 1 aromatic carbocycles. The van der Waals surface area contributed by atoms with Crippen LogP contribution in [0.2, 0.25) is 0 Å². The second-order valence-corrected chi connectivity index (χ2v) is 10.0. The van der Waals surface area contributed by atoms with Crippen LogP contribution in [0.1, 0.15) is 57.6 Å². The molecule has 0 spiro atoms. The number of amides is 1. The molecule has 3 heterocycles. The van der Waals surface area contributed by atoms with Crippen LogP contribution < -0.4 is 9.64 Å². The van der Waals surface area contributed by atoms with E-state index in [-0.39, 0.29) is 29.5 Å². The maximum Gasteiger partial charge on any atom is 0.296 e. The van der Waals surface area contributed by atoms with Crippen LogP contribution in [-0.4, -0.2) is 29.4 Å². The van der Waals surface area contributed by atoms with Crippen LogP contribution in [0.5, 0.6) is 5.75 Å². The summed E-state index contributed by atoms with van der Waals surface area (Å²) in [4.78, 5) is 33.2. The number of benzene rings is 1. The van der Waals surface area contributed by atoms with Gasteiger partial charge in [-0.15, -0.1) is 11.3 Å². The Morgan fingerprint density at radius 2 is 2.09 bits per heavy atom. The van der Waals surface area contributed by atoms with Gasteiger partial charge in [0.2, 0.25) is 0 Å². The lowest BCUT2D eigenvalue weighted by atomic mass is 9.77. The third-order valence-electron chi connectivity index (χ3n) is 6.53. The van der Waals surface area contributed by atoms with Gasteiger partial charge in [-0.25, -0.2) is 4.98 Å². The highest BCUT2D eigenvalue weighted by molar-refractivity contribution is 7.13. The van der Waals surface area contributed by atoms with Crippen LogP contribution in [-0.2, 0) is 14.3 Å². The minimum absolute atomic E-state index is 0.0551. The van der Waals surface area contributed by atoms with Crippen LogP contribution in [0.4, 0.5) is 5.13 Å². The largest absolute Gasteiger partial charge is 0.494 e. The van der Waals surface area contributed by atoms with Gasteiger partial charge in [-0.2, -0.15) is 0 Å². The van der Waals surface area contributed by atoms with E-state index in [0.717, 1.165) is 43.4 Å². The molecular weight excluding hydrogens is 424 g/mol. The Morgan fingerprint density at radius 1 is 1.25 bits per heavy atom. The highest BCUT2D eigenvalue weighted by Crippen LogP contribution is 2.48. The molecule has 1 aliphatic carbocycles. The molecule has 1 aromatic heterocycles. The fourth-order valence-corrected chi connectivity index (χ4v) is 5.55. The van der Waals surface area contributed by atoms with Crippen molar-refractivity contribution in [2.24, 2.45) is 11.8 Å². The minimum atomic E-state index is -0.548. The van der Waals surface area contributed by atoms with Gasteiger partial charge in [0.15, 0.2) is 16.7 Å². The van der Waals surface area contributed by atoms with Gasteiger partial charge in [0, 0.05) is 11.6 Å². The number of carbonyl (C=O) groups excluding carboxylic acids is 2. The summed E-state index contributed by atoms with van der Waals surface area (Å²) in [5.41, 5.74) is 1.32. The van der Waals surface area contributed by atoms with Crippen molar-refractivity contribution in [3.63, 3.8) is 0 Å². The van der Waals surface area contributed by atoms with Gasteiger partial charge >= 0.3 is 0 Å². The van der Waals surface area contributed by atoms with Crippen molar-refractivity contribution >= 4 is 28.2 Å². The lowest BCUT2D eigenvalue weighted by molar-refractivity contribution is -0.131. The van der Waals surface area contributed by atoms with Gasteiger partial charge in [-0.05, 0) is 49.3 Å². The zero-order chi connectivity index (χ0) is 22.2. The third-order valence-corrected chi connectivity index (χ3v) is 7.30. The van der Waals surface area contributed by atoms with Crippen LogP contribution in [0, 0.1) is 11.8 Å². The monoisotopic (exact) mass is 452 g/mol. The highest BCUT2D eigenvalue weighted by Gasteiger charge is 2.53. The smallest absolute Gasteiger partial charge is 0.296 e. The van der Waals surface area contributed by atoms with E-state index in [9.17, 15) is 9.59 Å². The summed E-state index contributed by atoms with van der Waals surface area (Å²) in [6.07, 6.45) is 6.13. The van der Waals surface area contributed by atoms with Crippen LogP contribution in [0.15, 0.2) is 47.2 Å². The van der Waals surface area contributed by atoms with E-state index in [4.69, 9.17) is 9.47 Å². The normalized spacial score (nSPS) is 25.1. The summed E-state index contributed by atoms with van der Waals surface area (Å²) in [7, 11) is 0. The zero-order valence-electron chi connectivity index (χ0n) is 18.5. The molecule has 32 heavy (non-hydrogen) atoms. The van der Waals surface area contributed by atoms with Gasteiger partial charge in [-0.3, -0.25) is 14.5 Å². The fourth-order valence-electron chi connectivity index (χ4n) is 4.88. The van der Waals surface area contributed by atoms with Crippen LogP contribution in [0.25, 0.3) is 0 Å². The standard InChI is InChI=1S/C25H28N2O4S/c1-15(2)10-12-30-17-7-5-6-16(14-17)21-20-22(28)18-8-3-4-9-19(18)31-23(20)24(29)27(21)25-26-11-13-32-25/h5-7,11,13-15,18-19,21H,3-4,8-10,12H2,1-2H3. The molecule has 168 valence electrons. The maximum absolute atomic E-state index is 13.7. The number of hydrogen-bond acceptors (Lipinski definition) is 6. The first-order valence-electron chi connectivity index (χ1n) is 11.5. The second kappa shape index (κ2) is 8.70. The SMILES string of the molecule is CC(C)CCOc1cccc(C2C3=C(OC4CCCCC4C3=O)C(=O)N2c2nccs2)c1. The molecule has 3 aliphatic rings. The molecule has 2 aromatic rings. The quantitative estimate of drug-likeness (QED) is 0.612. The first-order chi connectivity index (χ1) is 15.5. The van der Waals surface area contributed by atoms with E-state index in [1.54, 1.807) is 11.1 Å². The number of aromatic nitrogens is 1. The molecule has 0 radical (unpaired) electrons. The van der Waals surface area contributed by atoms with Gasteiger partial charge < -0.3 is 9.47 Å². The Labute approximate surface area is 192 Å². The summed E-state index contributed by atoms with van der Waals surface area (Å²) in [5.74, 6) is 1.12. The van der Waals surface area contributed by atoms with E-state index >= 15 is 0 Å². The first kappa shape index (κ1) is 21.2. The Balaban J connectivity index is 1.54. The highest BCUT2D eigenvalue weighted by atomic mass is 32.1. The maximum atomic E-state index is 13.7. The molecule has 1 saturated carbocycles. The van der Waals surface area contributed by atoms with Crippen LogP contribution in [0.3, 0.4) is 0 Å². The van der Waals surface area contributed by atoms with E-state index in [1.165, 1.54) is 11.3 Å². The average molecular weight is 453 g/mol. The summed E-state index contributed by atoms with van der Waals surface area (Å²) < 4.78 is 12.2. The summed E-state index contributed by atoms with van der Waals surface area (Å²) in [5, 5.41) is 2.41. The molecule has 2 aliphatic heterocycles. The van der Waals surface area contributed by atoms with Gasteiger partial charge in [0.1, 0.15) is 11.9 Å². The predicted octanol–water partition coefficient (Wildman–Crippen LogP) is 5.07. The number of carbonyl (C=O) groups is 2. The molecule has 3 unspecified atom stereocenters. The molecule has 0 N–H and O–H groups in total. The number of anilines is 1. The van der Waals surface area contributed by atoms with Crippen molar-refractivity contribution in [3.05, 3.63) is 52.7 Å². The third kappa shape index (κ3) is 3.72. The van der Waals surface area contributed by atoms with E-state index in [2.05, 4.69) is 18.8 Å². The molecule has 1 fully saturated rings. The van der Waals surface area contributed by atoms with Crippen molar-refractivity contribution in [3.8, 4) is 5.75 Å². The van der Waals surface area contributed by atoms with Crippen molar-refractivity contribution in [2.45, 2.75) is 58.1 Å². The number of hydrogen-bond donors (Lipinski definition) is 0. The van der Waals surface area contributed by atoms with Crippen molar-refractivity contribution in [2.75, 3.05) is 11.5 Å². The fraction of sp³-hybridized carbons (Fsp3) is 0.480. The lowest BCUT2D eigenvalue weighted by Gasteiger charge is -2.35. The Morgan fingerprint density at radius 3 is 2.88 bits per heavy atom. The number of thiazole rings is 1. The predicted molar refractivity (Wildman–Crippen MR) is 123 cm³/mol. The van der Waals surface area contributed by atoms with Crippen molar-refractivity contribution in [1.82, 2.24) is 4.98 Å². The number of nitrogens with zero attached hydrogens (tertiary/aromatic N) is 2. The molecule has 5 rings (SSSR count). The van der Waals surface area contributed by atoms with Crippen molar-refractivity contribution in [1.29, 1.82) is 0 Å². The summed E-state index contributed by atoms with van der Waals surface area (Å²) in [6, 6.07) is 7.17. The Kier molecular flexibility index (Phi) is 5.76. The molecule has 0 bridgehead atoms. The summed E-state index contributed by atoms with van der Waals surface area (Å²) >= 11 is 1.38. The van der Waals surface area contributed by atoms with E-state index in [1.807, 2.05) is 29.6 Å². The van der Waals surface area contributed by atoms with Gasteiger partial charge in [-0.1, -0.05) is 32.4 Å². The van der Waals surface area contributed by atoms with Crippen LogP contribution >= 0.6 is 11.3 Å². The number of fused-ring (bicyclic) bond motifs is 1. The Bertz CT molecular complexity index is 1050. The zero-order valence-corrected chi connectivity index (χ0v) is 19.3. The molecule has 0 saturated heterocycles. The number of rotatable bonds is 6. The summed E-state index contributed by atoms with van der Waals surface area (Å²) in [6.45, 7) is 4.95. The van der Waals surface area contributed by atoms with Crippen molar-refractivity contribution < 1.29 is 19.1 Å². The van der Waals surface area contributed by atoms with Gasteiger partial charge in [0.25, 0.3) is 5.91 Å². The topological polar surface area (TPSA) is 68.7 Å². The molecule has 3 atom stereocenters. The molecule has 1 amide bonds. The first-order valence-corrected chi connectivity index (χ1v) is 12.3. The molecular formula is C25H28N2O4S. The number of Topliss-reactive ketones (excluding diaryl/α,β-unsaturated/α-hetero) is 1. The minimum Gasteiger partial charge on any atom is -0.494 e. The second-order valence-electron chi connectivity index (χ2n) is 9.15. The molecule has 7 heteroatoms. The number of ether oxygens (including phenoxy) is 2. The van der Waals surface area contributed by atoms with E-state index < -0.39 is 6.04 Å².